The lowest BCUT2D eigenvalue weighted by molar-refractivity contribution is -0.111. The highest BCUT2D eigenvalue weighted by atomic mass is 35.5. The highest BCUT2D eigenvalue weighted by molar-refractivity contribution is 6.45. The molecule has 0 spiro atoms. The van der Waals surface area contributed by atoms with Crippen molar-refractivity contribution in [2.45, 2.75) is 59.0 Å². The van der Waals surface area contributed by atoms with Gasteiger partial charge in [0.25, 0.3) is 0 Å². The molecule has 0 radical (unpaired) electrons. The van der Waals surface area contributed by atoms with Crippen molar-refractivity contribution in [1.82, 2.24) is 0 Å². The molecule has 0 aromatic carbocycles. The Labute approximate surface area is 144 Å². The van der Waals surface area contributed by atoms with Gasteiger partial charge in [-0.25, -0.2) is 0 Å². The minimum absolute atomic E-state index is 0.0249. The van der Waals surface area contributed by atoms with Crippen LogP contribution in [0.2, 0.25) is 0 Å². The van der Waals surface area contributed by atoms with Gasteiger partial charge in [0.15, 0.2) is 5.78 Å². The molecule has 0 saturated heterocycles. The molecule has 4 rings (SSSR count). The highest BCUT2D eigenvalue weighted by Crippen LogP contribution is 2.65. The Bertz CT molecular complexity index is 621. The summed E-state index contributed by atoms with van der Waals surface area (Å²) < 4.78 is 0. The van der Waals surface area contributed by atoms with E-state index in [2.05, 4.69) is 26.8 Å². The normalized spacial score (nSPS) is 52.2. The fourth-order valence-corrected chi connectivity index (χ4v) is 6.98. The second-order valence-corrected chi connectivity index (χ2v) is 9.27. The number of carbonyl (C=O) groups excluding carboxylic acids is 1. The van der Waals surface area contributed by atoms with E-state index in [0.717, 1.165) is 32.1 Å². The minimum atomic E-state index is -0.162. The van der Waals surface area contributed by atoms with E-state index in [1.807, 2.05) is 0 Å². The maximum absolute atomic E-state index is 12.0. The first-order chi connectivity index (χ1) is 10.8. The molecule has 0 aromatic rings. The summed E-state index contributed by atoms with van der Waals surface area (Å²) in [5.41, 5.74) is 1.19. The van der Waals surface area contributed by atoms with Gasteiger partial charge in [-0.1, -0.05) is 38.4 Å². The first kappa shape index (κ1) is 15.9. The van der Waals surface area contributed by atoms with Gasteiger partial charge in [0.05, 0.1) is 11.1 Å². The topological polar surface area (TPSA) is 37.3 Å². The summed E-state index contributed by atoms with van der Waals surface area (Å²) in [6, 6.07) is 0. The standard InChI is InChI=1S/C20H27ClO2/c1-11-10-15-12-4-5-14-17(21)16(22)7-9-19(14,2)13(12)6-8-20(15,3)18(11)23/h7,9,11-13,15,18,23H,4-6,8,10H2,1-3H3/t11-,12-,13+,15+,18-,19-,20+/m1/s1. The molecule has 0 amide bonds. The molecule has 2 nitrogen and oxygen atoms in total. The third kappa shape index (κ3) is 1.94. The maximum atomic E-state index is 12.0. The number of allylic oxidation sites excluding steroid dienone is 4. The lowest BCUT2D eigenvalue weighted by atomic mass is 9.48. The Morgan fingerprint density at radius 3 is 2.74 bits per heavy atom. The molecular weight excluding hydrogens is 308 g/mol. The molecule has 0 bridgehead atoms. The van der Waals surface area contributed by atoms with Crippen LogP contribution in [0, 0.1) is 34.5 Å². The van der Waals surface area contributed by atoms with E-state index in [9.17, 15) is 9.90 Å². The van der Waals surface area contributed by atoms with Crippen molar-refractivity contribution >= 4 is 17.4 Å². The van der Waals surface area contributed by atoms with E-state index in [-0.39, 0.29) is 22.7 Å². The van der Waals surface area contributed by atoms with Gasteiger partial charge in [-0.05, 0) is 72.8 Å². The van der Waals surface area contributed by atoms with Gasteiger partial charge in [0.2, 0.25) is 0 Å². The van der Waals surface area contributed by atoms with Crippen LogP contribution in [0.1, 0.15) is 52.9 Å². The quantitative estimate of drug-likeness (QED) is 0.709. The minimum Gasteiger partial charge on any atom is -0.392 e. The summed E-state index contributed by atoms with van der Waals surface area (Å²) in [5.74, 6) is 2.18. The summed E-state index contributed by atoms with van der Waals surface area (Å²) in [6.07, 6.45) is 9.07. The van der Waals surface area contributed by atoms with Crippen molar-refractivity contribution in [2.24, 2.45) is 34.5 Å². The second-order valence-electron chi connectivity index (χ2n) is 8.89. The van der Waals surface area contributed by atoms with Crippen LogP contribution in [0.4, 0.5) is 0 Å². The number of hydrogen-bond acceptors (Lipinski definition) is 2. The monoisotopic (exact) mass is 334 g/mol. The molecule has 3 fully saturated rings. The molecule has 0 aliphatic heterocycles. The van der Waals surface area contributed by atoms with E-state index >= 15 is 0 Å². The number of fused-ring (bicyclic) bond motifs is 5. The molecule has 7 atom stereocenters. The number of rotatable bonds is 0. The van der Waals surface area contributed by atoms with Gasteiger partial charge in [-0.2, -0.15) is 0 Å². The Morgan fingerprint density at radius 2 is 2.00 bits per heavy atom. The SMILES string of the molecule is C[C@@H]1C[C@H]2[C@@H]3CCC4=C(Cl)C(=O)C=C[C@]4(C)[C@H]3CC[C@]2(C)[C@@H]1O. The number of hydrogen-bond donors (Lipinski definition) is 1. The van der Waals surface area contributed by atoms with Crippen molar-refractivity contribution in [3.05, 3.63) is 22.8 Å². The van der Waals surface area contributed by atoms with Crippen molar-refractivity contribution in [3.8, 4) is 0 Å². The molecule has 0 unspecified atom stereocenters. The largest absolute Gasteiger partial charge is 0.392 e. The number of carbonyl (C=O) groups is 1. The fourth-order valence-electron chi connectivity index (χ4n) is 6.62. The number of aliphatic hydroxyl groups is 1. The predicted molar refractivity (Wildman–Crippen MR) is 92.0 cm³/mol. The molecular formula is C20H27ClO2. The molecule has 0 heterocycles. The van der Waals surface area contributed by atoms with E-state index < -0.39 is 0 Å². The van der Waals surface area contributed by atoms with Crippen LogP contribution in [0.15, 0.2) is 22.8 Å². The van der Waals surface area contributed by atoms with Crippen LogP contribution >= 0.6 is 11.6 Å². The van der Waals surface area contributed by atoms with Gasteiger partial charge in [-0.15, -0.1) is 0 Å². The Morgan fingerprint density at radius 1 is 1.26 bits per heavy atom. The molecule has 126 valence electrons. The van der Waals surface area contributed by atoms with Gasteiger partial charge < -0.3 is 5.11 Å². The lowest BCUT2D eigenvalue weighted by Crippen LogP contribution is -2.50. The third-order valence-corrected chi connectivity index (χ3v) is 8.34. The van der Waals surface area contributed by atoms with Crippen molar-refractivity contribution in [1.29, 1.82) is 0 Å². The average molecular weight is 335 g/mol. The zero-order chi connectivity index (χ0) is 16.6. The number of aliphatic hydroxyl groups excluding tert-OH is 1. The zero-order valence-electron chi connectivity index (χ0n) is 14.3. The predicted octanol–water partition coefficient (Wildman–Crippen LogP) is 4.47. The Hall–Kier alpha value is -0.600. The van der Waals surface area contributed by atoms with Crippen LogP contribution in [0.5, 0.6) is 0 Å². The van der Waals surface area contributed by atoms with E-state index in [4.69, 9.17) is 11.6 Å². The van der Waals surface area contributed by atoms with Gasteiger partial charge in [-0.3, -0.25) is 4.79 Å². The molecule has 3 heteroatoms. The van der Waals surface area contributed by atoms with Crippen molar-refractivity contribution in [2.75, 3.05) is 0 Å². The molecule has 3 saturated carbocycles. The molecule has 0 aromatic heterocycles. The first-order valence-corrected chi connectivity index (χ1v) is 9.47. The van der Waals surface area contributed by atoms with Crippen LogP contribution < -0.4 is 0 Å². The number of ketones is 1. The van der Waals surface area contributed by atoms with Crippen LogP contribution in [0.3, 0.4) is 0 Å². The van der Waals surface area contributed by atoms with Crippen LogP contribution in [-0.4, -0.2) is 17.0 Å². The molecule has 4 aliphatic carbocycles. The zero-order valence-corrected chi connectivity index (χ0v) is 15.1. The maximum Gasteiger partial charge on any atom is 0.196 e. The summed E-state index contributed by atoms with van der Waals surface area (Å²) in [7, 11) is 0. The van der Waals surface area contributed by atoms with Gasteiger partial charge >= 0.3 is 0 Å². The third-order valence-electron chi connectivity index (χ3n) is 7.93. The molecule has 1 N–H and O–H groups in total. The molecule has 4 aliphatic rings. The Kier molecular flexibility index (Phi) is 3.42. The van der Waals surface area contributed by atoms with Crippen LogP contribution in [-0.2, 0) is 4.79 Å². The first-order valence-electron chi connectivity index (χ1n) is 9.10. The van der Waals surface area contributed by atoms with Crippen molar-refractivity contribution in [3.63, 3.8) is 0 Å². The summed E-state index contributed by atoms with van der Waals surface area (Å²) in [4.78, 5) is 12.0. The Balaban J connectivity index is 1.73. The highest BCUT2D eigenvalue weighted by Gasteiger charge is 2.60. The second kappa shape index (κ2) is 4.95. The summed E-state index contributed by atoms with van der Waals surface area (Å²) >= 11 is 6.39. The summed E-state index contributed by atoms with van der Waals surface area (Å²) in [5, 5.41) is 11.2. The van der Waals surface area contributed by atoms with E-state index in [0.29, 0.717) is 28.7 Å². The lowest BCUT2D eigenvalue weighted by Gasteiger charge is -2.56. The van der Waals surface area contributed by atoms with E-state index in [1.165, 1.54) is 5.57 Å². The van der Waals surface area contributed by atoms with Gasteiger partial charge in [0.1, 0.15) is 0 Å². The average Bonchev–Trinajstić information content (AvgIpc) is 2.75. The number of halogens is 1. The smallest absolute Gasteiger partial charge is 0.196 e. The van der Waals surface area contributed by atoms with Crippen LogP contribution in [0.25, 0.3) is 0 Å². The van der Waals surface area contributed by atoms with Gasteiger partial charge in [0, 0.05) is 5.41 Å². The van der Waals surface area contributed by atoms with E-state index in [1.54, 1.807) is 6.08 Å². The van der Waals surface area contributed by atoms with Crippen molar-refractivity contribution < 1.29 is 9.90 Å². The molecule has 23 heavy (non-hydrogen) atoms. The fraction of sp³-hybridized carbons (Fsp3) is 0.750. The summed E-state index contributed by atoms with van der Waals surface area (Å²) in [6.45, 7) is 6.79.